The Balaban J connectivity index is 3.15. The molecule has 0 atom stereocenters. The van der Waals surface area contributed by atoms with Crippen molar-refractivity contribution < 1.29 is 4.79 Å². The van der Waals surface area contributed by atoms with E-state index >= 15 is 0 Å². The van der Waals surface area contributed by atoms with Crippen molar-refractivity contribution in [2.45, 2.75) is 47.1 Å². The Bertz CT molecular complexity index is 466. The molecule has 98 valence electrons. The highest BCUT2D eigenvalue weighted by Crippen LogP contribution is 2.18. The van der Waals surface area contributed by atoms with Crippen LogP contribution >= 0.6 is 0 Å². The van der Waals surface area contributed by atoms with Crippen LogP contribution in [0.3, 0.4) is 0 Å². The zero-order valence-corrected chi connectivity index (χ0v) is 12.1. The van der Waals surface area contributed by atoms with Crippen LogP contribution < -0.4 is 0 Å². The van der Waals surface area contributed by atoms with E-state index in [1.807, 2.05) is 65.8 Å². The first-order chi connectivity index (χ1) is 8.21. The second-order valence-electron chi connectivity index (χ2n) is 5.70. The molecule has 0 aliphatic heterocycles. The van der Waals surface area contributed by atoms with Crippen molar-refractivity contribution in [3.05, 3.63) is 35.4 Å². The summed E-state index contributed by atoms with van der Waals surface area (Å²) in [5.41, 5.74) is 2.28. The molecule has 0 aromatic heterocycles. The summed E-state index contributed by atoms with van der Waals surface area (Å²) in [7, 11) is 0. The molecular formula is C15H22N2O. The third-order valence-electron chi connectivity index (χ3n) is 2.39. The highest BCUT2D eigenvalue weighted by molar-refractivity contribution is 5.95. The number of carbonyl (C=O) groups is 1. The van der Waals surface area contributed by atoms with E-state index in [0.717, 1.165) is 11.3 Å². The van der Waals surface area contributed by atoms with Crippen molar-refractivity contribution in [1.29, 1.82) is 0 Å². The number of hydrogen-bond donors (Lipinski definition) is 0. The van der Waals surface area contributed by atoms with Gasteiger partial charge in [0.2, 0.25) is 0 Å². The number of nitrogens with zero attached hydrogens (tertiary/aromatic N) is 2. The van der Waals surface area contributed by atoms with Crippen LogP contribution in [0.2, 0.25) is 0 Å². The van der Waals surface area contributed by atoms with Gasteiger partial charge in [0.25, 0.3) is 5.91 Å². The Kier molecular flexibility index (Phi) is 4.28. The molecule has 0 bridgehead atoms. The summed E-state index contributed by atoms with van der Waals surface area (Å²) in [6.45, 7) is 11.7. The van der Waals surface area contributed by atoms with Crippen LogP contribution in [0.4, 0.5) is 0 Å². The van der Waals surface area contributed by atoms with Crippen LogP contribution in [0.15, 0.2) is 29.4 Å². The van der Waals surface area contributed by atoms with Gasteiger partial charge in [-0.3, -0.25) is 4.79 Å². The quantitative estimate of drug-likeness (QED) is 0.579. The molecule has 18 heavy (non-hydrogen) atoms. The summed E-state index contributed by atoms with van der Waals surface area (Å²) in [6.07, 6.45) is 0. The summed E-state index contributed by atoms with van der Waals surface area (Å²) < 4.78 is 0. The molecule has 3 nitrogen and oxygen atoms in total. The van der Waals surface area contributed by atoms with Crippen LogP contribution in [0.25, 0.3) is 0 Å². The van der Waals surface area contributed by atoms with Crippen molar-refractivity contribution in [1.82, 2.24) is 5.01 Å². The van der Waals surface area contributed by atoms with Crippen molar-refractivity contribution in [3.8, 4) is 0 Å². The molecule has 0 aliphatic carbocycles. The maximum Gasteiger partial charge on any atom is 0.274 e. The van der Waals surface area contributed by atoms with Gasteiger partial charge in [0, 0.05) is 11.3 Å². The topological polar surface area (TPSA) is 32.7 Å². The third-order valence-corrected chi connectivity index (χ3v) is 2.39. The molecule has 1 rings (SSSR count). The monoisotopic (exact) mass is 246 g/mol. The number of hydrogen-bond acceptors (Lipinski definition) is 2. The molecular weight excluding hydrogens is 224 g/mol. The molecule has 0 heterocycles. The zero-order chi connectivity index (χ0) is 13.9. The first kappa shape index (κ1) is 14.4. The number of rotatable bonds is 2. The predicted molar refractivity (Wildman–Crippen MR) is 75.9 cm³/mol. The lowest BCUT2D eigenvalue weighted by atomic mass is 10.1. The van der Waals surface area contributed by atoms with E-state index in [1.54, 1.807) is 5.01 Å². The number of aryl methyl sites for hydroxylation is 1. The molecule has 3 heteroatoms. The molecule has 0 radical (unpaired) electrons. The largest absolute Gasteiger partial charge is 0.274 e. The van der Waals surface area contributed by atoms with Gasteiger partial charge in [-0.2, -0.15) is 5.10 Å². The summed E-state index contributed by atoms with van der Waals surface area (Å²) in [6, 6.07) is 7.59. The molecule has 0 unspecified atom stereocenters. The predicted octanol–water partition coefficient (Wildman–Crippen LogP) is 3.63. The molecule has 0 fully saturated rings. The molecule has 1 aromatic rings. The van der Waals surface area contributed by atoms with Gasteiger partial charge < -0.3 is 0 Å². The van der Waals surface area contributed by atoms with Gasteiger partial charge in [-0.05, 0) is 53.7 Å². The number of benzene rings is 1. The second-order valence-corrected chi connectivity index (χ2v) is 5.70. The van der Waals surface area contributed by atoms with Crippen molar-refractivity contribution >= 4 is 11.6 Å². The molecule has 0 spiro atoms. The molecule has 0 aliphatic rings. The standard InChI is InChI=1S/C15H22N2O/c1-11(2)16-17(15(4,5)6)14(18)13-9-7-8-12(3)10-13/h7-10H,1-6H3. The van der Waals surface area contributed by atoms with Gasteiger partial charge in [-0.25, -0.2) is 5.01 Å². The van der Waals surface area contributed by atoms with Gasteiger partial charge in [0.1, 0.15) is 0 Å². The first-order valence-corrected chi connectivity index (χ1v) is 6.15. The Morgan fingerprint density at radius 1 is 1.22 bits per heavy atom. The lowest BCUT2D eigenvalue weighted by Gasteiger charge is -2.31. The Morgan fingerprint density at radius 3 is 2.28 bits per heavy atom. The van der Waals surface area contributed by atoms with E-state index in [1.165, 1.54) is 0 Å². The van der Waals surface area contributed by atoms with Crippen LogP contribution in [0.5, 0.6) is 0 Å². The fourth-order valence-corrected chi connectivity index (χ4v) is 1.60. The van der Waals surface area contributed by atoms with Gasteiger partial charge in [0.05, 0.1) is 5.54 Å². The second kappa shape index (κ2) is 5.34. The van der Waals surface area contributed by atoms with Crippen LogP contribution in [0.1, 0.15) is 50.5 Å². The van der Waals surface area contributed by atoms with Crippen molar-refractivity contribution in [3.63, 3.8) is 0 Å². The highest BCUT2D eigenvalue weighted by Gasteiger charge is 2.27. The minimum absolute atomic E-state index is 0.0626. The van der Waals surface area contributed by atoms with E-state index in [0.29, 0.717) is 5.56 Å². The Hall–Kier alpha value is -1.64. The number of amides is 1. The van der Waals surface area contributed by atoms with Crippen LogP contribution in [0, 0.1) is 6.92 Å². The summed E-state index contributed by atoms with van der Waals surface area (Å²) in [5.74, 6) is -0.0626. The maximum absolute atomic E-state index is 12.5. The van der Waals surface area contributed by atoms with E-state index in [4.69, 9.17) is 0 Å². The lowest BCUT2D eigenvalue weighted by Crippen LogP contribution is -2.42. The fraction of sp³-hybridized carbons (Fsp3) is 0.467. The van der Waals surface area contributed by atoms with Gasteiger partial charge in [-0.15, -0.1) is 0 Å². The molecule has 0 saturated carbocycles. The van der Waals surface area contributed by atoms with E-state index in [9.17, 15) is 4.79 Å². The van der Waals surface area contributed by atoms with Gasteiger partial charge in [-0.1, -0.05) is 17.7 Å². The molecule has 1 aromatic carbocycles. The van der Waals surface area contributed by atoms with E-state index < -0.39 is 0 Å². The summed E-state index contributed by atoms with van der Waals surface area (Å²) in [5, 5.41) is 5.91. The minimum Gasteiger partial charge on any atom is -0.267 e. The van der Waals surface area contributed by atoms with E-state index in [-0.39, 0.29) is 11.4 Å². The summed E-state index contributed by atoms with van der Waals surface area (Å²) >= 11 is 0. The average molecular weight is 246 g/mol. The maximum atomic E-state index is 12.5. The minimum atomic E-state index is -0.335. The van der Waals surface area contributed by atoms with Gasteiger partial charge in [0.15, 0.2) is 0 Å². The van der Waals surface area contributed by atoms with Crippen LogP contribution in [-0.2, 0) is 0 Å². The normalized spacial score (nSPS) is 11.0. The fourth-order valence-electron chi connectivity index (χ4n) is 1.60. The molecule has 1 amide bonds. The first-order valence-electron chi connectivity index (χ1n) is 6.15. The third kappa shape index (κ3) is 3.69. The summed E-state index contributed by atoms with van der Waals surface area (Å²) in [4.78, 5) is 12.5. The molecule has 0 saturated heterocycles. The lowest BCUT2D eigenvalue weighted by molar-refractivity contribution is 0.0591. The van der Waals surface area contributed by atoms with Crippen LogP contribution in [-0.4, -0.2) is 22.2 Å². The average Bonchev–Trinajstić information content (AvgIpc) is 2.23. The SMILES string of the molecule is CC(C)=NN(C(=O)c1cccc(C)c1)C(C)(C)C. The Labute approximate surface area is 110 Å². The number of carbonyl (C=O) groups excluding carboxylic acids is 1. The van der Waals surface area contributed by atoms with Crippen molar-refractivity contribution in [2.24, 2.45) is 5.10 Å². The Morgan fingerprint density at radius 2 is 1.83 bits per heavy atom. The van der Waals surface area contributed by atoms with E-state index in [2.05, 4.69) is 5.10 Å². The van der Waals surface area contributed by atoms with Gasteiger partial charge >= 0.3 is 0 Å². The smallest absolute Gasteiger partial charge is 0.267 e. The zero-order valence-electron chi connectivity index (χ0n) is 12.1. The molecule has 0 N–H and O–H groups in total. The number of hydrazone groups is 1. The van der Waals surface area contributed by atoms with Crippen molar-refractivity contribution in [2.75, 3.05) is 0 Å². The highest BCUT2D eigenvalue weighted by atomic mass is 16.2.